The standard InChI is InChI=1S/C30H41N3O/c1-3-33(4-2)30(34)25-16-14-23(15-17-25)29(24-18-20-31-21-19-24)26-10-9-13-28(22-26)32-27-11-7-5-6-8-12-27/h9-10,13-17,22,27,31-32H,3-8,11-12,18-21H2,1-2H3. The van der Waals surface area contributed by atoms with Crippen LogP contribution in [-0.2, 0) is 0 Å². The molecule has 4 heteroatoms. The highest BCUT2D eigenvalue weighted by atomic mass is 16.2. The van der Waals surface area contributed by atoms with Gasteiger partial charge in [0, 0.05) is 30.4 Å². The highest BCUT2D eigenvalue weighted by Gasteiger charge is 2.18. The maximum absolute atomic E-state index is 12.8. The van der Waals surface area contributed by atoms with E-state index in [1.807, 2.05) is 30.9 Å². The Labute approximate surface area is 205 Å². The number of rotatable bonds is 7. The summed E-state index contributed by atoms with van der Waals surface area (Å²) in [6, 6.07) is 17.9. The Hall–Kier alpha value is -2.59. The molecule has 0 unspecified atom stereocenters. The van der Waals surface area contributed by atoms with Crippen molar-refractivity contribution in [3.63, 3.8) is 0 Å². The van der Waals surface area contributed by atoms with Crippen molar-refractivity contribution in [2.24, 2.45) is 0 Å². The monoisotopic (exact) mass is 459 g/mol. The zero-order valence-corrected chi connectivity index (χ0v) is 21.0. The summed E-state index contributed by atoms with van der Waals surface area (Å²) in [5.41, 5.74) is 7.33. The zero-order valence-electron chi connectivity index (χ0n) is 21.0. The molecule has 0 spiro atoms. The lowest BCUT2D eigenvalue weighted by Gasteiger charge is -2.23. The second-order valence-electron chi connectivity index (χ2n) is 9.70. The van der Waals surface area contributed by atoms with Gasteiger partial charge in [-0.25, -0.2) is 0 Å². The molecule has 1 amide bonds. The van der Waals surface area contributed by atoms with E-state index in [9.17, 15) is 4.79 Å². The van der Waals surface area contributed by atoms with Gasteiger partial charge in [-0.2, -0.15) is 0 Å². The summed E-state index contributed by atoms with van der Waals surface area (Å²) in [6.45, 7) is 7.59. The lowest BCUT2D eigenvalue weighted by molar-refractivity contribution is 0.0773. The van der Waals surface area contributed by atoms with Crippen molar-refractivity contribution in [2.75, 3.05) is 31.5 Å². The molecule has 0 aromatic heterocycles. The predicted molar refractivity (Wildman–Crippen MR) is 143 cm³/mol. The van der Waals surface area contributed by atoms with Gasteiger partial charge in [-0.3, -0.25) is 4.79 Å². The fourth-order valence-electron chi connectivity index (χ4n) is 5.45. The summed E-state index contributed by atoms with van der Waals surface area (Å²) in [5.74, 6) is 0.113. The van der Waals surface area contributed by atoms with Crippen molar-refractivity contribution in [1.29, 1.82) is 0 Å². The molecule has 1 heterocycles. The molecule has 2 aromatic carbocycles. The first-order valence-electron chi connectivity index (χ1n) is 13.4. The molecule has 1 saturated heterocycles. The van der Waals surface area contributed by atoms with Crippen molar-refractivity contribution in [2.45, 2.75) is 71.3 Å². The van der Waals surface area contributed by atoms with Gasteiger partial charge in [0.25, 0.3) is 5.91 Å². The van der Waals surface area contributed by atoms with Crippen LogP contribution in [0.3, 0.4) is 0 Å². The number of hydrogen-bond donors (Lipinski definition) is 2. The molecular weight excluding hydrogens is 418 g/mol. The highest BCUT2D eigenvalue weighted by Crippen LogP contribution is 2.33. The molecular formula is C30H41N3O. The summed E-state index contributed by atoms with van der Waals surface area (Å²) in [5, 5.41) is 7.33. The van der Waals surface area contributed by atoms with Crippen molar-refractivity contribution in [3.05, 3.63) is 70.8 Å². The van der Waals surface area contributed by atoms with Gasteiger partial charge in [0.1, 0.15) is 0 Å². The van der Waals surface area contributed by atoms with Crippen LogP contribution in [0.2, 0.25) is 0 Å². The van der Waals surface area contributed by atoms with Crippen LogP contribution in [0.4, 0.5) is 5.69 Å². The van der Waals surface area contributed by atoms with E-state index in [0.717, 1.165) is 44.6 Å². The molecule has 1 saturated carbocycles. The molecule has 2 aliphatic rings. The SMILES string of the molecule is CCN(CC)C(=O)c1ccc(C(=C2CCNCC2)c2cccc(NC3CCCCCC3)c2)cc1. The van der Waals surface area contributed by atoms with E-state index in [1.54, 1.807) is 0 Å². The van der Waals surface area contributed by atoms with Gasteiger partial charge < -0.3 is 15.5 Å². The normalized spacial score (nSPS) is 17.2. The lowest BCUT2D eigenvalue weighted by atomic mass is 9.88. The molecule has 34 heavy (non-hydrogen) atoms. The zero-order chi connectivity index (χ0) is 23.8. The van der Waals surface area contributed by atoms with Gasteiger partial charge in [-0.15, -0.1) is 0 Å². The Kier molecular flexibility index (Phi) is 8.81. The molecule has 2 N–H and O–H groups in total. The number of nitrogens with one attached hydrogen (secondary N) is 2. The van der Waals surface area contributed by atoms with Gasteiger partial charge in [-0.1, -0.05) is 55.5 Å². The number of carbonyl (C=O) groups excluding carboxylic acids is 1. The Balaban J connectivity index is 1.63. The van der Waals surface area contributed by atoms with Crippen LogP contribution >= 0.6 is 0 Å². The third kappa shape index (κ3) is 6.09. The number of carbonyl (C=O) groups is 1. The fraction of sp³-hybridized carbons (Fsp3) is 0.500. The maximum Gasteiger partial charge on any atom is 0.253 e. The minimum atomic E-state index is 0.113. The topological polar surface area (TPSA) is 44.4 Å². The first-order valence-corrected chi connectivity index (χ1v) is 13.4. The summed E-state index contributed by atoms with van der Waals surface area (Å²) < 4.78 is 0. The minimum Gasteiger partial charge on any atom is -0.382 e. The smallest absolute Gasteiger partial charge is 0.253 e. The van der Waals surface area contributed by atoms with Crippen LogP contribution in [0.25, 0.3) is 5.57 Å². The summed E-state index contributed by atoms with van der Waals surface area (Å²) in [6.07, 6.45) is 10.1. The first kappa shape index (κ1) is 24.5. The predicted octanol–water partition coefficient (Wildman–Crippen LogP) is 6.49. The second kappa shape index (κ2) is 12.2. The van der Waals surface area contributed by atoms with Crippen LogP contribution in [0, 0.1) is 0 Å². The van der Waals surface area contributed by atoms with E-state index < -0.39 is 0 Å². The van der Waals surface area contributed by atoms with Gasteiger partial charge in [0.15, 0.2) is 0 Å². The average Bonchev–Trinajstić information content (AvgIpc) is 3.15. The molecule has 0 radical (unpaired) electrons. The lowest BCUT2D eigenvalue weighted by Crippen LogP contribution is -2.30. The van der Waals surface area contributed by atoms with Crippen molar-refractivity contribution in [3.8, 4) is 0 Å². The molecule has 1 aliphatic carbocycles. The van der Waals surface area contributed by atoms with E-state index in [0.29, 0.717) is 6.04 Å². The van der Waals surface area contributed by atoms with E-state index >= 15 is 0 Å². The molecule has 1 aliphatic heterocycles. The van der Waals surface area contributed by atoms with E-state index in [-0.39, 0.29) is 5.91 Å². The van der Waals surface area contributed by atoms with Crippen LogP contribution in [0.15, 0.2) is 54.1 Å². The number of anilines is 1. The Morgan fingerprint density at radius 2 is 1.53 bits per heavy atom. The third-order valence-corrected chi connectivity index (χ3v) is 7.41. The number of amides is 1. The van der Waals surface area contributed by atoms with Crippen LogP contribution in [-0.4, -0.2) is 43.0 Å². The number of nitrogens with zero attached hydrogens (tertiary/aromatic N) is 1. The van der Waals surface area contributed by atoms with Crippen LogP contribution < -0.4 is 10.6 Å². The summed E-state index contributed by atoms with van der Waals surface area (Å²) in [7, 11) is 0. The van der Waals surface area contributed by atoms with Crippen molar-refractivity contribution in [1.82, 2.24) is 10.2 Å². The van der Waals surface area contributed by atoms with E-state index in [2.05, 4.69) is 47.0 Å². The molecule has 0 bridgehead atoms. The molecule has 4 rings (SSSR count). The summed E-state index contributed by atoms with van der Waals surface area (Å²) >= 11 is 0. The van der Waals surface area contributed by atoms with Crippen molar-refractivity contribution >= 4 is 17.2 Å². The fourth-order valence-corrected chi connectivity index (χ4v) is 5.45. The highest BCUT2D eigenvalue weighted by molar-refractivity contribution is 5.95. The maximum atomic E-state index is 12.8. The Bertz CT molecular complexity index is 959. The second-order valence-corrected chi connectivity index (χ2v) is 9.70. The van der Waals surface area contributed by atoms with Gasteiger partial charge >= 0.3 is 0 Å². The number of benzene rings is 2. The Morgan fingerprint density at radius 3 is 2.18 bits per heavy atom. The van der Waals surface area contributed by atoms with Crippen LogP contribution in [0.5, 0.6) is 0 Å². The molecule has 2 aromatic rings. The molecule has 2 fully saturated rings. The molecule has 0 atom stereocenters. The first-order chi connectivity index (χ1) is 16.7. The minimum absolute atomic E-state index is 0.113. The van der Waals surface area contributed by atoms with Crippen molar-refractivity contribution < 1.29 is 4.79 Å². The number of hydrogen-bond acceptors (Lipinski definition) is 3. The Morgan fingerprint density at radius 1 is 0.882 bits per heavy atom. The average molecular weight is 460 g/mol. The van der Waals surface area contributed by atoms with E-state index in [1.165, 1.54) is 66.5 Å². The van der Waals surface area contributed by atoms with Crippen LogP contribution in [0.1, 0.15) is 86.7 Å². The quantitative estimate of drug-likeness (QED) is 0.465. The number of piperidine rings is 1. The van der Waals surface area contributed by atoms with Gasteiger partial charge in [-0.05, 0) is 93.6 Å². The van der Waals surface area contributed by atoms with Gasteiger partial charge in [0.05, 0.1) is 0 Å². The largest absolute Gasteiger partial charge is 0.382 e. The van der Waals surface area contributed by atoms with Gasteiger partial charge in [0.2, 0.25) is 0 Å². The summed E-state index contributed by atoms with van der Waals surface area (Å²) in [4.78, 5) is 14.7. The molecule has 182 valence electrons. The molecule has 4 nitrogen and oxygen atoms in total. The third-order valence-electron chi connectivity index (χ3n) is 7.41. The van der Waals surface area contributed by atoms with E-state index in [4.69, 9.17) is 0 Å².